The van der Waals surface area contributed by atoms with Crippen molar-refractivity contribution in [2.45, 2.75) is 5.41 Å². The van der Waals surface area contributed by atoms with Gasteiger partial charge in [0.2, 0.25) is 0 Å². The Morgan fingerprint density at radius 3 is 2.54 bits per heavy atom. The van der Waals surface area contributed by atoms with Crippen LogP contribution in [-0.2, 0) is 14.9 Å². The highest BCUT2D eigenvalue weighted by molar-refractivity contribution is 6.30. The number of methoxy groups -OCH3 is 1. The third kappa shape index (κ3) is 2.08. The first kappa shape index (κ1) is 16.0. The lowest BCUT2D eigenvalue weighted by Gasteiger charge is -2.25. The number of carbonyl (C=O) groups excluding carboxylic acids is 1. The van der Waals surface area contributed by atoms with Gasteiger partial charge in [-0.05, 0) is 35.4 Å². The monoisotopic (exact) mass is 342 g/mol. The number of benzene rings is 2. The minimum Gasteiger partial charge on any atom is -0.466 e. The molecule has 0 aliphatic heterocycles. The number of nitrogens with two attached hydrogens (primary N) is 1. The van der Waals surface area contributed by atoms with Crippen molar-refractivity contribution in [3.63, 3.8) is 0 Å². The van der Waals surface area contributed by atoms with E-state index in [1.165, 1.54) is 31.4 Å². The number of nitriles is 1. The molecule has 4 nitrogen and oxygen atoms in total. The standard InChI is InChI=1S/C18H12ClFN2O2/c1-24-17(23)15-16(22)13-7-4-11(19)8-14(13)18(15,9-21)10-2-5-12(20)6-3-10/h2-8H,22H2,1H3. The summed E-state index contributed by atoms with van der Waals surface area (Å²) in [4.78, 5) is 12.4. The van der Waals surface area contributed by atoms with Crippen LogP contribution in [0.4, 0.5) is 4.39 Å². The number of rotatable bonds is 2. The van der Waals surface area contributed by atoms with Gasteiger partial charge in [-0.2, -0.15) is 5.26 Å². The molecule has 3 rings (SSSR count). The molecule has 120 valence electrons. The number of esters is 1. The lowest BCUT2D eigenvalue weighted by molar-refractivity contribution is -0.136. The number of hydrogen-bond donors (Lipinski definition) is 1. The van der Waals surface area contributed by atoms with Gasteiger partial charge in [-0.15, -0.1) is 0 Å². The molecule has 6 heteroatoms. The normalized spacial score (nSPS) is 18.9. The van der Waals surface area contributed by atoms with Gasteiger partial charge in [0, 0.05) is 10.6 Å². The molecule has 0 saturated carbocycles. The lowest BCUT2D eigenvalue weighted by Crippen LogP contribution is -2.31. The van der Waals surface area contributed by atoms with Crippen molar-refractivity contribution < 1.29 is 13.9 Å². The Balaban J connectivity index is 2.41. The summed E-state index contributed by atoms with van der Waals surface area (Å²) in [5, 5.41) is 10.4. The summed E-state index contributed by atoms with van der Waals surface area (Å²) in [5.74, 6) is -1.17. The molecular formula is C18H12ClFN2O2. The van der Waals surface area contributed by atoms with E-state index >= 15 is 0 Å². The summed E-state index contributed by atoms with van der Waals surface area (Å²) in [7, 11) is 1.21. The number of hydrogen-bond acceptors (Lipinski definition) is 4. The number of fused-ring (bicyclic) bond motifs is 1. The molecule has 2 aromatic rings. The molecular weight excluding hydrogens is 331 g/mol. The fourth-order valence-corrected chi connectivity index (χ4v) is 3.25. The first-order chi connectivity index (χ1) is 11.5. The minimum absolute atomic E-state index is 0.0105. The Kier molecular flexibility index (Phi) is 3.78. The van der Waals surface area contributed by atoms with E-state index in [0.29, 0.717) is 21.7 Å². The van der Waals surface area contributed by atoms with Crippen LogP contribution in [-0.4, -0.2) is 13.1 Å². The molecule has 0 radical (unpaired) electrons. The van der Waals surface area contributed by atoms with Crippen LogP contribution < -0.4 is 5.73 Å². The van der Waals surface area contributed by atoms with Crippen LogP contribution in [0.1, 0.15) is 16.7 Å². The van der Waals surface area contributed by atoms with Crippen LogP contribution >= 0.6 is 11.6 Å². The second-order valence-electron chi connectivity index (χ2n) is 5.34. The minimum atomic E-state index is -1.51. The van der Waals surface area contributed by atoms with Gasteiger partial charge in [0.15, 0.2) is 0 Å². The summed E-state index contributed by atoms with van der Waals surface area (Å²) < 4.78 is 18.2. The quantitative estimate of drug-likeness (QED) is 0.851. The lowest BCUT2D eigenvalue weighted by atomic mass is 9.73. The molecule has 0 heterocycles. The molecule has 1 unspecified atom stereocenters. The van der Waals surface area contributed by atoms with Crippen molar-refractivity contribution in [1.82, 2.24) is 0 Å². The Labute approximate surface area is 142 Å². The predicted octanol–water partition coefficient (Wildman–Crippen LogP) is 3.15. The average molecular weight is 343 g/mol. The van der Waals surface area contributed by atoms with Gasteiger partial charge in [0.25, 0.3) is 0 Å². The SMILES string of the molecule is COC(=O)C1=C(N)c2ccc(Cl)cc2C1(C#N)c1ccc(F)cc1. The largest absolute Gasteiger partial charge is 0.466 e. The number of ether oxygens (including phenoxy) is 1. The molecule has 24 heavy (non-hydrogen) atoms. The smallest absolute Gasteiger partial charge is 0.338 e. The third-order valence-corrected chi connectivity index (χ3v) is 4.39. The van der Waals surface area contributed by atoms with Crippen molar-refractivity contribution in [3.8, 4) is 6.07 Å². The van der Waals surface area contributed by atoms with E-state index in [1.807, 2.05) is 0 Å². The maximum Gasteiger partial charge on any atom is 0.338 e. The Morgan fingerprint density at radius 2 is 1.96 bits per heavy atom. The van der Waals surface area contributed by atoms with Crippen LogP contribution in [0.2, 0.25) is 5.02 Å². The molecule has 0 amide bonds. The van der Waals surface area contributed by atoms with E-state index in [9.17, 15) is 14.4 Å². The summed E-state index contributed by atoms with van der Waals surface area (Å²) in [6.45, 7) is 0. The van der Waals surface area contributed by atoms with Crippen LogP contribution in [0.25, 0.3) is 5.70 Å². The zero-order chi connectivity index (χ0) is 17.5. The zero-order valence-electron chi connectivity index (χ0n) is 12.6. The van der Waals surface area contributed by atoms with E-state index in [-0.39, 0.29) is 11.3 Å². The molecule has 2 N–H and O–H groups in total. The average Bonchev–Trinajstić information content (AvgIpc) is 2.83. The van der Waals surface area contributed by atoms with Crippen molar-refractivity contribution in [2.24, 2.45) is 5.73 Å². The molecule has 0 spiro atoms. The topological polar surface area (TPSA) is 76.1 Å². The highest BCUT2D eigenvalue weighted by Gasteiger charge is 2.50. The van der Waals surface area contributed by atoms with E-state index in [1.54, 1.807) is 18.2 Å². The summed E-state index contributed by atoms with van der Waals surface area (Å²) in [6.07, 6.45) is 0. The van der Waals surface area contributed by atoms with Crippen LogP contribution in [0.3, 0.4) is 0 Å². The molecule has 0 bridgehead atoms. The fourth-order valence-electron chi connectivity index (χ4n) is 3.08. The number of halogens is 2. The van der Waals surface area contributed by atoms with Crippen molar-refractivity contribution in [3.05, 3.63) is 75.6 Å². The second-order valence-corrected chi connectivity index (χ2v) is 5.78. The summed E-state index contributed by atoms with van der Waals surface area (Å²) in [6, 6.07) is 12.4. The second kappa shape index (κ2) is 5.66. The Morgan fingerprint density at radius 1 is 1.29 bits per heavy atom. The van der Waals surface area contributed by atoms with E-state index < -0.39 is 17.2 Å². The van der Waals surface area contributed by atoms with E-state index in [4.69, 9.17) is 22.1 Å². The molecule has 1 aliphatic carbocycles. The highest BCUT2D eigenvalue weighted by Crippen LogP contribution is 2.49. The molecule has 0 aromatic heterocycles. The van der Waals surface area contributed by atoms with Crippen molar-refractivity contribution >= 4 is 23.3 Å². The van der Waals surface area contributed by atoms with Gasteiger partial charge in [-0.3, -0.25) is 0 Å². The molecule has 0 saturated heterocycles. The summed E-state index contributed by atoms with van der Waals surface area (Å²) in [5.41, 5.74) is 6.22. The Hall–Kier alpha value is -2.84. The van der Waals surface area contributed by atoms with Crippen LogP contribution in [0, 0.1) is 17.1 Å². The maximum atomic E-state index is 13.3. The fraction of sp³-hybridized carbons (Fsp3) is 0.111. The van der Waals surface area contributed by atoms with Gasteiger partial charge in [0.1, 0.15) is 11.2 Å². The number of nitrogens with zero attached hydrogens (tertiary/aromatic N) is 1. The van der Waals surface area contributed by atoms with Gasteiger partial charge in [-0.1, -0.05) is 29.8 Å². The third-order valence-electron chi connectivity index (χ3n) is 4.15. The first-order valence-electron chi connectivity index (χ1n) is 7.02. The molecule has 2 aromatic carbocycles. The van der Waals surface area contributed by atoms with Crippen LogP contribution in [0.5, 0.6) is 0 Å². The van der Waals surface area contributed by atoms with E-state index in [0.717, 1.165) is 0 Å². The van der Waals surface area contributed by atoms with Crippen LogP contribution in [0.15, 0.2) is 48.0 Å². The molecule has 0 fully saturated rings. The van der Waals surface area contributed by atoms with Gasteiger partial charge >= 0.3 is 5.97 Å². The van der Waals surface area contributed by atoms with Gasteiger partial charge < -0.3 is 10.5 Å². The molecule has 1 atom stereocenters. The van der Waals surface area contributed by atoms with E-state index in [2.05, 4.69) is 6.07 Å². The molecule has 1 aliphatic rings. The Bertz CT molecular complexity index is 916. The first-order valence-corrected chi connectivity index (χ1v) is 7.39. The maximum absolute atomic E-state index is 13.3. The zero-order valence-corrected chi connectivity index (χ0v) is 13.4. The number of carbonyl (C=O) groups is 1. The summed E-state index contributed by atoms with van der Waals surface area (Å²) >= 11 is 6.08. The predicted molar refractivity (Wildman–Crippen MR) is 87.4 cm³/mol. The van der Waals surface area contributed by atoms with Gasteiger partial charge in [0.05, 0.1) is 24.4 Å². The van der Waals surface area contributed by atoms with Gasteiger partial charge in [-0.25, -0.2) is 9.18 Å². The highest BCUT2D eigenvalue weighted by atomic mass is 35.5. The van der Waals surface area contributed by atoms with Crippen molar-refractivity contribution in [1.29, 1.82) is 5.26 Å². The van der Waals surface area contributed by atoms with Crippen molar-refractivity contribution in [2.75, 3.05) is 7.11 Å².